The lowest BCUT2D eigenvalue weighted by atomic mass is 9.82. The first-order chi connectivity index (χ1) is 8.79. The minimum absolute atomic E-state index is 0.528. The Kier molecular flexibility index (Phi) is 2.81. The van der Waals surface area contributed by atoms with Crippen molar-refractivity contribution in [3.8, 4) is 6.07 Å². The van der Waals surface area contributed by atoms with Gasteiger partial charge >= 0.3 is 0 Å². The van der Waals surface area contributed by atoms with Crippen LogP contribution in [0.15, 0.2) is 30.3 Å². The number of fused-ring (bicyclic) bond motifs is 1. The third kappa shape index (κ3) is 1.79. The van der Waals surface area contributed by atoms with Gasteiger partial charge in [-0.3, -0.25) is 0 Å². The van der Waals surface area contributed by atoms with E-state index in [1.54, 1.807) is 11.3 Å². The lowest BCUT2D eigenvalue weighted by molar-refractivity contribution is 0.591. The first-order valence-electron chi connectivity index (χ1n) is 6.14. The van der Waals surface area contributed by atoms with E-state index in [-0.39, 0.29) is 0 Å². The second-order valence-electron chi connectivity index (χ2n) is 4.71. The van der Waals surface area contributed by atoms with Crippen molar-refractivity contribution in [3.63, 3.8) is 0 Å². The fourth-order valence-electron chi connectivity index (χ4n) is 2.74. The Balaban J connectivity index is 1.96. The number of nitrogen functional groups attached to an aromatic ring is 1. The van der Waals surface area contributed by atoms with Gasteiger partial charge in [-0.25, -0.2) is 0 Å². The van der Waals surface area contributed by atoms with Gasteiger partial charge in [-0.05, 0) is 36.3 Å². The molecule has 3 rings (SSSR count). The third-order valence-electron chi connectivity index (χ3n) is 3.67. The Morgan fingerprint density at radius 1 is 1.28 bits per heavy atom. The first-order valence-corrected chi connectivity index (χ1v) is 6.96. The van der Waals surface area contributed by atoms with Crippen LogP contribution in [0.3, 0.4) is 0 Å². The van der Waals surface area contributed by atoms with Gasteiger partial charge in [0.05, 0.1) is 5.56 Å². The lowest BCUT2D eigenvalue weighted by Crippen LogP contribution is -2.11. The summed E-state index contributed by atoms with van der Waals surface area (Å²) < 4.78 is 0. The maximum absolute atomic E-state index is 9.20. The molecule has 1 aliphatic rings. The Morgan fingerprint density at radius 2 is 2.06 bits per heavy atom. The van der Waals surface area contributed by atoms with Crippen molar-refractivity contribution in [1.29, 1.82) is 5.26 Å². The number of nitrogens with zero attached hydrogens (tertiary/aromatic N) is 1. The van der Waals surface area contributed by atoms with E-state index in [4.69, 9.17) is 5.73 Å². The Labute approximate surface area is 111 Å². The van der Waals surface area contributed by atoms with E-state index >= 15 is 0 Å². The van der Waals surface area contributed by atoms with E-state index in [2.05, 4.69) is 30.3 Å². The molecule has 0 bridgehead atoms. The number of nitriles is 1. The lowest BCUT2D eigenvalue weighted by Gasteiger charge is -2.22. The minimum Gasteiger partial charge on any atom is -0.389 e. The zero-order valence-electron chi connectivity index (χ0n) is 10.0. The molecule has 0 fully saturated rings. The Bertz CT molecular complexity index is 607. The van der Waals surface area contributed by atoms with E-state index in [1.165, 1.54) is 16.0 Å². The van der Waals surface area contributed by atoms with Crippen molar-refractivity contribution in [2.24, 2.45) is 0 Å². The summed E-state index contributed by atoms with van der Waals surface area (Å²) in [4.78, 5) is 1.32. The van der Waals surface area contributed by atoms with Crippen molar-refractivity contribution in [2.75, 3.05) is 5.73 Å². The van der Waals surface area contributed by atoms with Crippen molar-refractivity contribution in [1.82, 2.24) is 0 Å². The highest BCUT2D eigenvalue weighted by atomic mass is 32.1. The van der Waals surface area contributed by atoms with Gasteiger partial charge in [-0.1, -0.05) is 30.3 Å². The maximum atomic E-state index is 9.20. The van der Waals surface area contributed by atoms with Gasteiger partial charge < -0.3 is 5.73 Å². The van der Waals surface area contributed by atoms with Gasteiger partial charge in [0.15, 0.2) is 0 Å². The zero-order chi connectivity index (χ0) is 12.5. The molecule has 1 aromatic carbocycles. The Hall–Kier alpha value is -1.79. The Morgan fingerprint density at radius 3 is 2.78 bits per heavy atom. The molecule has 2 nitrogen and oxygen atoms in total. The number of benzene rings is 1. The quantitative estimate of drug-likeness (QED) is 0.847. The maximum Gasteiger partial charge on any atom is 0.104 e. The monoisotopic (exact) mass is 254 g/mol. The molecule has 0 radical (unpaired) electrons. The van der Waals surface area contributed by atoms with Gasteiger partial charge in [0.2, 0.25) is 0 Å². The van der Waals surface area contributed by atoms with Crippen LogP contribution in [0.25, 0.3) is 0 Å². The molecule has 3 heteroatoms. The zero-order valence-corrected chi connectivity index (χ0v) is 10.8. The number of aryl methyl sites for hydroxylation is 1. The average molecular weight is 254 g/mol. The van der Waals surface area contributed by atoms with Crippen molar-refractivity contribution in [2.45, 2.75) is 25.2 Å². The molecular weight excluding hydrogens is 240 g/mol. The molecule has 1 aliphatic carbocycles. The summed E-state index contributed by atoms with van der Waals surface area (Å²) in [7, 11) is 0. The average Bonchev–Trinajstić information content (AvgIpc) is 2.74. The molecule has 1 unspecified atom stereocenters. The molecule has 0 saturated heterocycles. The van der Waals surface area contributed by atoms with Crippen molar-refractivity contribution >= 4 is 16.3 Å². The van der Waals surface area contributed by atoms with E-state index in [9.17, 15) is 5.26 Å². The van der Waals surface area contributed by atoms with Crippen LogP contribution in [0.4, 0.5) is 5.00 Å². The second-order valence-corrected chi connectivity index (χ2v) is 5.84. The summed E-state index contributed by atoms with van der Waals surface area (Å²) >= 11 is 1.59. The number of hydrogen-bond acceptors (Lipinski definition) is 3. The molecule has 0 aliphatic heterocycles. The van der Waals surface area contributed by atoms with Crippen LogP contribution in [0, 0.1) is 11.3 Å². The molecule has 0 spiro atoms. The summed E-state index contributed by atoms with van der Waals surface area (Å²) in [6, 6.07) is 12.8. The fraction of sp³-hybridized carbons (Fsp3) is 0.267. The van der Waals surface area contributed by atoms with Crippen LogP contribution in [-0.4, -0.2) is 0 Å². The van der Waals surface area contributed by atoms with Crippen molar-refractivity contribution < 1.29 is 0 Å². The van der Waals surface area contributed by atoms with Gasteiger partial charge in [-0.2, -0.15) is 5.26 Å². The van der Waals surface area contributed by atoms with Gasteiger partial charge in [0, 0.05) is 4.88 Å². The van der Waals surface area contributed by atoms with Gasteiger partial charge in [-0.15, -0.1) is 11.3 Å². The van der Waals surface area contributed by atoms with E-state index < -0.39 is 0 Å². The van der Waals surface area contributed by atoms with Crippen LogP contribution in [0.5, 0.6) is 0 Å². The number of nitrogens with two attached hydrogens (primary N) is 1. The second kappa shape index (κ2) is 4.47. The van der Waals surface area contributed by atoms with Crippen LogP contribution >= 0.6 is 11.3 Å². The van der Waals surface area contributed by atoms with Gasteiger partial charge in [0.25, 0.3) is 0 Å². The highest BCUT2D eigenvalue weighted by molar-refractivity contribution is 7.16. The molecular formula is C15H14N2S. The number of hydrogen-bond donors (Lipinski definition) is 1. The highest BCUT2D eigenvalue weighted by Gasteiger charge is 2.25. The topological polar surface area (TPSA) is 49.8 Å². The van der Waals surface area contributed by atoms with Crippen molar-refractivity contribution in [3.05, 3.63) is 51.9 Å². The third-order valence-corrected chi connectivity index (χ3v) is 4.79. The minimum atomic E-state index is 0.528. The summed E-state index contributed by atoms with van der Waals surface area (Å²) in [5.41, 5.74) is 9.20. The summed E-state index contributed by atoms with van der Waals surface area (Å²) in [6.07, 6.45) is 3.16. The summed E-state index contributed by atoms with van der Waals surface area (Å²) in [5.74, 6) is 0.528. The van der Waals surface area contributed by atoms with E-state index in [0.717, 1.165) is 24.8 Å². The number of rotatable bonds is 1. The SMILES string of the molecule is N#Cc1c(N)sc2c1CC(c1ccccc1)CC2. The smallest absolute Gasteiger partial charge is 0.104 e. The predicted molar refractivity (Wildman–Crippen MR) is 74.7 cm³/mol. The highest BCUT2D eigenvalue weighted by Crippen LogP contribution is 2.40. The number of thiophene rings is 1. The molecule has 1 atom stereocenters. The molecule has 0 saturated carbocycles. The van der Waals surface area contributed by atoms with Crippen LogP contribution in [-0.2, 0) is 12.8 Å². The van der Waals surface area contributed by atoms with Crippen LogP contribution in [0.2, 0.25) is 0 Å². The molecule has 1 aromatic heterocycles. The standard InChI is InChI=1S/C15H14N2S/c16-9-13-12-8-11(10-4-2-1-3-5-10)6-7-14(12)18-15(13)17/h1-5,11H,6-8,17H2. The largest absolute Gasteiger partial charge is 0.389 e. The van der Waals surface area contributed by atoms with E-state index in [1.807, 2.05) is 6.07 Å². The first kappa shape index (κ1) is 11.3. The summed E-state index contributed by atoms with van der Waals surface area (Å²) in [5, 5.41) is 9.89. The summed E-state index contributed by atoms with van der Waals surface area (Å²) in [6.45, 7) is 0. The van der Waals surface area contributed by atoms with Gasteiger partial charge in [0.1, 0.15) is 11.1 Å². The molecule has 2 aromatic rings. The molecule has 0 amide bonds. The molecule has 18 heavy (non-hydrogen) atoms. The molecule has 1 heterocycles. The molecule has 2 N–H and O–H groups in total. The molecule has 90 valence electrons. The van der Waals surface area contributed by atoms with Crippen LogP contribution in [0.1, 0.15) is 33.9 Å². The van der Waals surface area contributed by atoms with E-state index in [0.29, 0.717) is 10.9 Å². The normalized spacial score (nSPS) is 18.1. The predicted octanol–water partition coefficient (Wildman–Crippen LogP) is 3.47. The number of anilines is 1. The fourth-order valence-corrected chi connectivity index (χ4v) is 3.80. The van der Waals surface area contributed by atoms with Crippen LogP contribution < -0.4 is 5.73 Å².